The molecule has 21 heavy (non-hydrogen) atoms. The highest BCUT2D eigenvalue weighted by Crippen LogP contribution is 2.12. The Kier molecular flexibility index (Phi) is 6.27. The van der Waals surface area contributed by atoms with Crippen LogP contribution < -0.4 is 0 Å². The van der Waals surface area contributed by atoms with Crippen LogP contribution in [0.5, 0.6) is 0 Å². The molecule has 1 amide bonds. The summed E-state index contributed by atoms with van der Waals surface area (Å²) in [4.78, 5) is 15.8. The molecule has 1 rings (SSSR count). The van der Waals surface area contributed by atoms with Gasteiger partial charge in [-0.25, -0.2) is 8.78 Å². The van der Waals surface area contributed by atoms with Crippen LogP contribution in [0.15, 0.2) is 18.2 Å². The first kappa shape index (κ1) is 17.6. The van der Waals surface area contributed by atoms with Crippen LogP contribution in [0, 0.1) is 11.6 Å². The number of hydrogen-bond acceptors (Lipinski definition) is 2. The Morgan fingerprint density at radius 3 is 2.19 bits per heavy atom. The summed E-state index contributed by atoms with van der Waals surface area (Å²) in [7, 11) is 1.75. The van der Waals surface area contributed by atoms with E-state index in [0.717, 1.165) is 6.07 Å². The Balaban J connectivity index is 2.68. The highest BCUT2D eigenvalue weighted by atomic mass is 19.1. The smallest absolute Gasteiger partial charge is 0.237 e. The van der Waals surface area contributed by atoms with Gasteiger partial charge in [-0.1, -0.05) is 6.07 Å². The zero-order valence-corrected chi connectivity index (χ0v) is 13.4. The molecule has 0 N–H and O–H groups in total. The molecule has 0 bridgehead atoms. The number of carbonyl (C=O) groups excluding carboxylic acids is 1. The summed E-state index contributed by atoms with van der Waals surface area (Å²) in [6.45, 7) is 8.35. The summed E-state index contributed by atoms with van der Waals surface area (Å²) < 4.78 is 26.5. The van der Waals surface area contributed by atoms with Gasteiger partial charge >= 0.3 is 0 Å². The molecule has 0 aliphatic rings. The SMILES string of the molecule is CC(C)N(C(=O)CN(C)Cc1ccc(F)cc1F)C(C)C. The zero-order chi connectivity index (χ0) is 16.2. The third kappa shape index (κ3) is 5.08. The highest BCUT2D eigenvalue weighted by molar-refractivity contribution is 5.78. The quantitative estimate of drug-likeness (QED) is 0.806. The predicted octanol–water partition coefficient (Wildman–Crippen LogP) is 3.04. The fourth-order valence-corrected chi connectivity index (χ4v) is 2.48. The number of likely N-dealkylation sites (N-methyl/N-ethyl adjacent to an activating group) is 1. The van der Waals surface area contributed by atoms with Gasteiger partial charge in [0.05, 0.1) is 6.54 Å². The van der Waals surface area contributed by atoms with Gasteiger partial charge < -0.3 is 4.90 Å². The van der Waals surface area contributed by atoms with Crippen LogP contribution in [0.1, 0.15) is 33.3 Å². The molecule has 1 aromatic rings. The number of amides is 1. The molecule has 0 aliphatic carbocycles. The molecule has 0 radical (unpaired) electrons. The number of benzene rings is 1. The maximum Gasteiger partial charge on any atom is 0.237 e. The van der Waals surface area contributed by atoms with E-state index in [-0.39, 0.29) is 31.1 Å². The van der Waals surface area contributed by atoms with Gasteiger partial charge in [0.1, 0.15) is 11.6 Å². The lowest BCUT2D eigenvalue weighted by atomic mass is 10.2. The molecular weight excluding hydrogens is 274 g/mol. The van der Waals surface area contributed by atoms with Gasteiger partial charge in [-0.15, -0.1) is 0 Å². The van der Waals surface area contributed by atoms with Gasteiger partial charge in [-0.3, -0.25) is 9.69 Å². The molecule has 0 atom stereocenters. The first-order valence-electron chi connectivity index (χ1n) is 7.16. The summed E-state index contributed by atoms with van der Waals surface area (Å²) in [5.74, 6) is -1.18. The van der Waals surface area contributed by atoms with Crippen LogP contribution in [-0.2, 0) is 11.3 Å². The lowest BCUT2D eigenvalue weighted by Crippen LogP contribution is -2.46. The molecule has 0 saturated carbocycles. The van der Waals surface area contributed by atoms with Crippen LogP contribution in [0.2, 0.25) is 0 Å². The molecule has 0 heterocycles. The minimum absolute atomic E-state index is 0.00465. The van der Waals surface area contributed by atoms with Crippen molar-refractivity contribution in [3.05, 3.63) is 35.4 Å². The maximum absolute atomic E-state index is 13.6. The van der Waals surface area contributed by atoms with Gasteiger partial charge in [0.2, 0.25) is 5.91 Å². The van der Waals surface area contributed by atoms with E-state index in [9.17, 15) is 13.6 Å². The van der Waals surface area contributed by atoms with Crippen LogP contribution in [0.4, 0.5) is 8.78 Å². The van der Waals surface area contributed by atoms with Gasteiger partial charge in [0.15, 0.2) is 0 Å². The first-order chi connectivity index (χ1) is 9.72. The number of rotatable bonds is 6. The van der Waals surface area contributed by atoms with Crippen LogP contribution in [0.25, 0.3) is 0 Å². The van der Waals surface area contributed by atoms with Crippen LogP contribution in [-0.4, -0.2) is 41.4 Å². The minimum Gasteiger partial charge on any atom is -0.337 e. The van der Waals surface area contributed by atoms with Crippen LogP contribution >= 0.6 is 0 Å². The highest BCUT2D eigenvalue weighted by Gasteiger charge is 2.21. The Bertz CT molecular complexity index is 481. The van der Waals surface area contributed by atoms with E-state index in [4.69, 9.17) is 0 Å². The zero-order valence-electron chi connectivity index (χ0n) is 13.4. The Hall–Kier alpha value is -1.49. The van der Waals surface area contributed by atoms with Gasteiger partial charge in [-0.05, 0) is 40.8 Å². The molecule has 0 unspecified atom stereocenters. The third-order valence-electron chi connectivity index (χ3n) is 3.26. The normalized spacial score (nSPS) is 11.5. The van der Waals surface area contributed by atoms with Crippen molar-refractivity contribution in [2.45, 2.75) is 46.3 Å². The number of hydrogen-bond donors (Lipinski definition) is 0. The van der Waals surface area contributed by atoms with Gasteiger partial charge in [0.25, 0.3) is 0 Å². The molecule has 0 fully saturated rings. The largest absolute Gasteiger partial charge is 0.337 e. The molecular formula is C16H24F2N2O. The van der Waals surface area contributed by atoms with E-state index in [1.807, 2.05) is 27.7 Å². The summed E-state index contributed by atoms with van der Waals surface area (Å²) in [5, 5.41) is 0. The second-order valence-electron chi connectivity index (χ2n) is 5.90. The standard InChI is InChI=1S/C16H24F2N2O/c1-11(2)20(12(3)4)16(21)10-19(5)9-13-6-7-14(17)8-15(13)18/h6-8,11-12H,9-10H2,1-5H3. The molecule has 0 spiro atoms. The molecule has 5 heteroatoms. The van der Waals surface area contributed by atoms with E-state index >= 15 is 0 Å². The Labute approximate surface area is 125 Å². The van der Waals surface area contributed by atoms with E-state index in [0.29, 0.717) is 5.56 Å². The third-order valence-corrected chi connectivity index (χ3v) is 3.26. The van der Waals surface area contributed by atoms with Crippen molar-refractivity contribution in [1.82, 2.24) is 9.80 Å². The summed E-state index contributed by atoms with van der Waals surface area (Å²) in [6, 6.07) is 3.73. The van der Waals surface area contributed by atoms with Crippen molar-refractivity contribution in [3.8, 4) is 0 Å². The second-order valence-corrected chi connectivity index (χ2v) is 5.90. The summed E-state index contributed by atoms with van der Waals surface area (Å²) in [5.41, 5.74) is 0.382. The second kappa shape index (κ2) is 7.50. The maximum atomic E-state index is 13.6. The Morgan fingerprint density at radius 2 is 1.71 bits per heavy atom. The lowest BCUT2D eigenvalue weighted by Gasteiger charge is -2.32. The van der Waals surface area contributed by atoms with E-state index in [2.05, 4.69) is 0 Å². The molecule has 0 aliphatic heterocycles. The average molecular weight is 298 g/mol. The van der Waals surface area contributed by atoms with Crippen molar-refractivity contribution < 1.29 is 13.6 Å². The van der Waals surface area contributed by atoms with Crippen molar-refractivity contribution >= 4 is 5.91 Å². The fourth-order valence-electron chi connectivity index (χ4n) is 2.48. The molecule has 3 nitrogen and oxygen atoms in total. The van der Waals surface area contributed by atoms with Gasteiger partial charge in [-0.2, -0.15) is 0 Å². The van der Waals surface area contributed by atoms with Crippen LogP contribution in [0.3, 0.4) is 0 Å². The number of nitrogens with zero attached hydrogens (tertiary/aromatic N) is 2. The van der Waals surface area contributed by atoms with Crippen molar-refractivity contribution in [3.63, 3.8) is 0 Å². The summed E-state index contributed by atoms with van der Waals surface area (Å²) in [6.07, 6.45) is 0. The number of halogens is 2. The fraction of sp³-hybridized carbons (Fsp3) is 0.562. The number of carbonyl (C=O) groups is 1. The molecule has 0 saturated heterocycles. The van der Waals surface area contributed by atoms with Crippen molar-refractivity contribution in [1.29, 1.82) is 0 Å². The van der Waals surface area contributed by atoms with Crippen molar-refractivity contribution in [2.24, 2.45) is 0 Å². The predicted molar refractivity (Wildman–Crippen MR) is 79.8 cm³/mol. The van der Waals surface area contributed by atoms with E-state index in [1.165, 1.54) is 12.1 Å². The summed E-state index contributed by atoms with van der Waals surface area (Å²) >= 11 is 0. The first-order valence-corrected chi connectivity index (χ1v) is 7.16. The molecule has 118 valence electrons. The minimum atomic E-state index is -0.597. The average Bonchev–Trinajstić information content (AvgIpc) is 2.31. The topological polar surface area (TPSA) is 23.6 Å². The van der Waals surface area contributed by atoms with E-state index in [1.54, 1.807) is 16.8 Å². The Morgan fingerprint density at radius 1 is 1.14 bits per heavy atom. The van der Waals surface area contributed by atoms with Gasteiger partial charge in [0, 0.05) is 30.3 Å². The molecule has 0 aromatic heterocycles. The monoisotopic (exact) mass is 298 g/mol. The molecule has 1 aromatic carbocycles. The van der Waals surface area contributed by atoms with Crippen molar-refractivity contribution in [2.75, 3.05) is 13.6 Å². The lowest BCUT2D eigenvalue weighted by molar-refractivity contribution is -0.135. The van der Waals surface area contributed by atoms with E-state index < -0.39 is 11.6 Å².